The van der Waals surface area contributed by atoms with Gasteiger partial charge in [-0.1, -0.05) is 72.3 Å². The molecule has 0 unspecified atom stereocenters. The summed E-state index contributed by atoms with van der Waals surface area (Å²) < 4.78 is 11.7. The van der Waals surface area contributed by atoms with Crippen molar-refractivity contribution in [2.24, 2.45) is 5.10 Å². The van der Waals surface area contributed by atoms with E-state index in [2.05, 4.69) is 20.5 Å². The Kier molecular flexibility index (Phi) is 7.96. The van der Waals surface area contributed by atoms with Crippen molar-refractivity contribution in [3.05, 3.63) is 105 Å². The number of aromatic nitrogens is 2. The van der Waals surface area contributed by atoms with E-state index in [9.17, 15) is 10.1 Å². The summed E-state index contributed by atoms with van der Waals surface area (Å²) in [6.45, 7) is 2.69. The van der Waals surface area contributed by atoms with E-state index >= 15 is 0 Å². The molecule has 4 rings (SSSR count). The van der Waals surface area contributed by atoms with E-state index in [1.165, 1.54) is 6.21 Å². The maximum absolute atomic E-state index is 12.4. The number of aromatic amines is 1. The van der Waals surface area contributed by atoms with Gasteiger partial charge in [-0.2, -0.15) is 10.4 Å². The highest BCUT2D eigenvalue weighted by Crippen LogP contribution is 2.33. The zero-order valence-electron chi connectivity index (χ0n) is 19.4. The minimum atomic E-state index is -0.569. The van der Waals surface area contributed by atoms with Gasteiger partial charge in [-0.25, -0.2) is 10.4 Å². The molecule has 36 heavy (non-hydrogen) atoms. The summed E-state index contributed by atoms with van der Waals surface area (Å²) in [6, 6.07) is 24.1. The third-order valence-corrected chi connectivity index (χ3v) is 5.38. The Morgan fingerprint density at radius 1 is 1.08 bits per heavy atom. The van der Waals surface area contributed by atoms with Gasteiger partial charge in [0.15, 0.2) is 11.5 Å². The van der Waals surface area contributed by atoms with Crippen LogP contribution in [0.1, 0.15) is 23.6 Å². The van der Waals surface area contributed by atoms with Crippen LogP contribution in [0.5, 0.6) is 11.5 Å². The van der Waals surface area contributed by atoms with Crippen LogP contribution < -0.4 is 20.5 Å². The molecule has 0 radical (unpaired) electrons. The van der Waals surface area contributed by atoms with Crippen molar-refractivity contribution in [3.8, 4) is 28.8 Å². The predicted molar refractivity (Wildman–Crippen MR) is 140 cm³/mol. The van der Waals surface area contributed by atoms with Crippen LogP contribution in [0.4, 0.5) is 5.95 Å². The van der Waals surface area contributed by atoms with Gasteiger partial charge in [0.1, 0.15) is 18.2 Å². The molecule has 3 aromatic carbocycles. The maximum atomic E-state index is 12.4. The van der Waals surface area contributed by atoms with Crippen molar-refractivity contribution < 1.29 is 9.47 Å². The van der Waals surface area contributed by atoms with Crippen LogP contribution >= 0.6 is 11.6 Å². The Labute approximate surface area is 212 Å². The largest absolute Gasteiger partial charge is 0.490 e. The molecule has 2 N–H and O–H groups in total. The molecule has 1 aromatic heterocycles. The van der Waals surface area contributed by atoms with Crippen LogP contribution in [0, 0.1) is 11.3 Å². The number of benzene rings is 3. The second-order valence-corrected chi connectivity index (χ2v) is 7.92. The van der Waals surface area contributed by atoms with Crippen LogP contribution in [-0.2, 0) is 6.61 Å². The molecule has 1 heterocycles. The van der Waals surface area contributed by atoms with E-state index in [1.54, 1.807) is 36.4 Å². The number of nitriles is 1. The molecule has 9 heteroatoms. The monoisotopic (exact) mass is 499 g/mol. The molecule has 0 atom stereocenters. The van der Waals surface area contributed by atoms with E-state index in [0.717, 1.165) is 5.56 Å². The average molecular weight is 500 g/mol. The van der Waals surface area contributed by atoms with Crippen LogP contribution in [-0.4, -0.2) is 22.8 Å². The van der Waals surface area contributed by atoms with Gasteiger partial charge in [-0.15, -0.1) is 0 Å². The Balaban J connectivity index is 1.55. The first-order valence-electron chi connectivity index (χ1n) is 11.1. The van der Waals surface area contributed by atoms with Gasteiger partial charge in [-0.3, -0.25) is 9.78 Å². The van der Waals surface area contributed by atoms with Gasteiger partial charge in [-0.05, 0) is 18.6 Å². The number of rotatable bonds is 9. The van der Waals surface area contributed by atoms with E-state index in [4.69, 9.17) is 21.1 Å². The molecule has 0 aliphatic heterocycles. The summed E-state index contributed by atoms with van der Waals surface area (Å²) in [5.41, 5.74) is 4.54. The van der Waals surface area contributed by atoms with E-state index < -0.39 is 5.56 Å². The Bertz CT molecular complexity index is 1460. The lowest BCUT2D eigenvalue weighted by molar-refractivity contribution is 0.269. The number of nitrogens with one attached hydrogen (secondary N) is 2. The van der Waals surface area contributed by atoms with Gasteiger partial charge in [0.05, 0.1) is 23.5 Å². The van der Waals surface area contributed by atoms with Gasteiger partial charge in [0, 0.05) is 17.2 Å². The van der Waals surface area contributed by atoms with Crippen molar-refractivity contribution in [2.45, 2.75) is 13.5 Å². The number of hydrazone groups is 1. The lowest BCUT2D eigenvalue weighted by Gasteiger charge is -2.14. The number of hydrogen-bond acceptors (Lipinski definition) is 7. The smallest absolute Gasteiger partial charge is 0.270 e. The molecule has 0 aliphatic carbocycles. The normalized spacial score (nSPS) is 10.7. The minimum absolute atomic E-state index is 0.0776. The summed E-state index contributed by atoms with van der Waals surface area (Å²) in [7, 11) is 0. The molecule has 180 valence electrons. The highest BCUT2D eigenvalue weighted by Gasteiger charge is 2.13. The van der Waals surface area contributed by atoms with E-state index in [1.807, 2.05) is 49.4 Å². The van der Waals surface area contributed by atoms with Gasteiger partial charge in [0.2, 0.25) is 5.95 Å². The summed E-state index contributed by atoms with van der Waals surface area (Å²) in [5.74, 6) is 1.12. The molecule has 0 fully saturated rings. The second-order valence-electron chi connectivity index (χ2n) is 7.51. The SMILES string of the molecule is CCOc1cc(C=NNc2nc(-c3ccccc3)c(C#N)c(=O)[nH]2)c(Cl)cc1OCc1ccccc1. The first-order chi connectivity index (χ1) is 17.6. The fourth-order valence-corrected chi connectivity index (χ4v) is 3.57. The lowest BCUT2D eigenvalue weighted by atomic mass is 10.1. The molecule has 0 saturated heterocycles. The zero-order valence-corrected chi connectivity index (χ0v) is 20.1. The highest BCUT2D eigenvalue weighted by atomic mass is 35.5. The third-order valence-electron chi connectivity index (χ3n) is 5.05. The minimum Gasteiger partial charge on any atom is -0.490 e. The Morgan fingerprint density at radius 3 is 2.47 bits per heavy atom. The van der Waals surface area contributed by atoms with E-state index in [0.29, 0.717) is 40.9 Å². The van der Waals surface area contributed by atoms with Crippen LogP contribution in [0.2, 0.25) is 5.02 Å². The first-order valence-corrected chi connectivity index (χ1v) is 11.5. The second kappa shape index (κ2) is 11.7. The fraction of sp³-hybridized carbons (Fsp3) is 0.111. The van der Waals surface area contributed by atoms with Crippen molar-refractivity contribution in [2.75, 3.05) is 12.0 Å². The lowest BCUT2D eigenvalue weighted by Crippen LogP contribution is -2.16. The molecular weight excluding hydrogens is 478 g/mol. The predicted octanol–water partition coefficient (Wildman–Crippen LogP) is 5.39. The van der Waals surface area contributed by atoms with Crippen LogP contribution in [0.15, 0.2) is 82.7 Å². The number of anilines is 1. The van der Waals surface area contributed by atoms with Crippen molar-refractivity contribution in [1.82, 2.24) is 9.97 Å². The summed E-state index contributed by atoms with van der Waals surface area (Å²) in [6.07, 6.45) is 1.48. The van der Waals surface area contributed by atoms with Gasteiger partial charge < -0.3 is 9.47 Å². The fourth-order valence-electron chi connectivity index (χ4n) is 3.36. The summed E-state index contributed by atoms with van der Waals surface area (Å²) in [5, 5.41) is 14.0. The van der Waals surface area contributed by atoms with Crippen molar-refractivity contribution in [1.29, 1.82) is 5.26 Å². The number of nitrogens with zero attached hydrogens (tertiary/aromatic N) is 3. The van der Waals surface area contributed by atoms with Gasteiger partial charge >= 0.3 is 0 Å². The van der Waals surface area contributed by atoms with Gasteiger partial charge in [0.25, 0.3) is 5.56 Å². The quantitative estimate of drug-likeness (QED) is 0.236. The Morgan fingerprint density at radius 2 is 1.78 bits per heavy atom. The average Bonchev–Trinajstić information content (AvgIpc) is 2.90. The molecule has 0 bridgehead atoms. The molecule has 4 aromatic rings. The van der Waals surface area contributed by atoms with Crippen LogP contribution in [0.3, 0.4) is 0 Å². The summed E-state index contributed by atoms with van der Waals surface area (Å²) >= 11 is 6.47. The molecule has 0 aliphatic rings. The number of H-pyrrole nitrogens is 1. The molecule has 0 amide bonds. The third kappa shape index (κ3) is 5.90. The molecule has 8 nitrogen and oxygen atoms in total. The maximum Gasteiger partial charge on any atom is 0.270 e. The number of halogens is 1. The number of ether oxygens (including phenoxy) is 2. The Hall–Kier alpha value is -4.61. The highest BCUT2D eigenvalue weighted by molar-refractivity contribution is 6.33. The topological polar surface area (TPSA) is 112 Å². The zero-order chi connectivity index (χ0) is 25.3. The summed E-state index contributed by atoms with van der Waals surface area (Å²) in [4.78, 5) is 19.3. The number of hydrogen-bond donors (Lipinski definition) is 2. The van der Waals surface area contributed by atoms with Crippen molar-refractivity contribution >= 4 is 23.8 Å². The van der Waals surface area contributed by atoms with Crippen LogP contribution in [0.25, 0.3) is 11.3 Å². The van der Waals surface area contributed by atoms with Crippen molar-refractivity contribution in [3.63, 3.8) is 0 Å². The molecule has 0 spiro atoms. The molecular formula is C27H22ClN5O3. The first kappa shape index (κ1) is 24.5. The van der Waals surface area contributed by atoms with E-state index in [-0.39, 0.29) is 17.2 Å². The standard InChI is InChI=1S/C27H22ClN5O3/c1-2-35-23-13-20(22(28)14-24(23)36-17-18-9-5-3-6-10-18)16-30-33-27-31-25(19-11-7-4-8-12-19)21(15-29)26(34)32-27/h3-14,16H,2,17H2,1H3,(H2,31,32,33,34). The molecule has 0 saturated carbocycles.